The SMILES string of the molecule is COc1c(CO)cc([N+](=O)[O-])c2c(COC(C)=O)c([N+](=O)[O-])c(=O)oc12. The van der Waals surface area contributed by atoms with E-state index in [9.17, 15) is 34.9 Å². The minimum absolute atomic E-state index is 0.0675. The zero-order valence-corrected chi connectivity index (χ0v) is 13.5. The number of hydrogen-bond acceptors (Lipinski definition) is 10. The number of esters is 1. The molecule has 0 aliphatic carbocycles. The van der Waals surface area contributed by atoms with E-state index in [0.29, 0.717) is 0 Å². The summed E-state index contributed by atoms with van der Waals surface area (Å²) in [6, 6.07) is 0.933. The van der Waals surface area contributed by atoms with Crippen LogP contribution in [0, 0.1) is 20.2 Å². The van der Waals surface area contributed by atoms with E-state index in [4.69, 9.17) is 13.9 Å². The Balaban J connectivity index is 3.08. The lowest BCUT2D eigenvalue weighted by atomic mass is 10.0. The van der Waals surface area contributed by atoms with Crippen molar-refractivity contribution >= 4 is 28.3 Å². The smallest absolute Gasteiger partial charge is 0.415 e. The number of methoxy groups -OCH3 is 1. The van der Waals surface area contributed by atoms with Crippen LogP contribution in [0.2, 0.25) is 0 Å². The molecule has 0 saturated heterocycles. The molecule has 1 N–H and O–H groups in total. The Morgan fingerprint density at radius 1 is 1.31 bits per heavy atom. The van der Waals surface area contributed by atoms with Gasteiger partial charge in [-0.2, -0.15) is 0 Å². The maximum absolute atomic E-state index is 12.1. The van der Waals surface area contributed by atoms with Gasteiger partial charge in [-0.05, 0) is 0 Å². The van der Waals surface area contributed by atoms with Crippen molar-refractivity contribution in [1.82, 2.24) is 0 Å². The summed E-state index contributed by atoms with van der Waals surface area (Å²) in [5, 5.41) is 31.6. The van der Waals surface area contributed by atoms with Crippen LogP contribution in [0.5, 0.6) is 5.75 Å². The summed E-state index contributed by atoms with van der Waals surface area (Å²) in [4.78, 5) is 43.9. The number of aliphatic hydroxyl groups is 1. The fourth-order valence-electron chi connectivity index (χ4n) is 2.43. The Hall–Kier alpha value is -3.54. The average Bonchev–Trinajstić information content (AvgIpc) is 2.56. The average molecular weight is 368 g/mol. The predicted octanol–water partition coefficient (Wildman–Crippen LogP) is 1.17. The van der Waals surface area contributed by atoms with Crippen molar-refractivity contribution in [3.63, 3.8) is 0 Å². The van der Waals surface area contributed by atoms with E-state index < -0.39 is 62.6 Å². The lowest BCUT2D eigenvalue weighted by molar-refractivity contribution is -0.389. The van der Waals surface area contributed by atoms with E-state index in [1.165, 1.54) is 0 Å². The molecule has 0 aliphatic rings. The lowest BCUT2D eigenvalue weighted by Gasteiger charge is -2.12. The number of hydrogen-bond donors (Lipinski definition) is 1. The first kappa shape index (κ1) is 18.8. The highest BCUT2D eigenvalue weighted by Gasteiger charge is 2.33. The maximum Gasteiger partial charge on any atom is 0.415 e. The van der Waals surface area contributed by atoms with Crippen molar-refractivity contribution in [3.05, 3.63) is 47.8 Å². The number of non-ortho nitro benzene ring substituents is 1. The summed E-state index contributed by atoms with van der Waals surface area (Å²) in [6.07, 6.45) is 0. The third-order valence-electron chi connectivity index (χ3n) is 3.44. The van der Waals surface area contributed by atoms with Crippen LogP contribution < -0.4 is 10.4 Å². The number of rotatable bonds is 6. The van der Waals surface area contributed by atoms with Gasteiger partial charge in [0.25, 0.3) is 5.69 Å². The molecule has 12 heteroatoms. The fraction of sp³-hybridized carbons (Fsp3) is 0.286. The van der Waals surface area contributed by atoms with Crippen LogP contribution in [0.25, 0.3) is 11.0 Å². The molecule has 0 spiro atoms. The highest BCUT2D eigenvalue weighted by molar-refractivity contribution is 5.96. The maximum atomic E-state index is 12.1. The van der Waals surface area contributed by atoms with E-state index in [-0.39, 0.29) is 11.3 Å². The van der Waals surface area contributed by atoms with E-state index in [2.05, 4.69) is 0 Å². The molecule has 138 valence electrons. The van der Waals surface area contributed by atoms with Gasteiger partial charge in [-0.15, -0.1) is 0 Å². The highest BCUT2D eigenvalue weighted by atomic mass is 16.6. The van der Waals surface area contributed by atoms with Crippen molar-refractivity contribution in [1.29, 1.82) is 0 Å². The molecule has 1 aromatic heterocycles. The molecule has 1 aromatic carbocycles. The van der Waals surface area contributed by atoms with Gasteiger partial charge in [0.2, 0.25) is 0 Å². The number of nitrogens with zero attached hydrogens (tertiary/aromatic N) is 2. The monoisotopic (exact) mass is 368 g/mol. The number of fused-ring (bicyclic) bond motifs is 1. The van der Waals surface area contributed by atoms with Gasteiger partial charge in [0.05, 0.1) is 29.1 Å². The zero-order chi connectivity index (χ0) is 19.6. The van der Waals surface area contributed by atoms with Crippen LogP contribution in [0.4, 0.5) is 11.4 Å². The van der Waals surface area contributed by atoms with Gasteiger partial charge in [-0.1, -0.05) is 0 Å². The first-order valence-corrected chi connectivity index (χ1v) is 6.95. The van der Waals surface area contributed by atoms with Crippen LogP contribution in [-0.4, -0.2) is 28.0 Å². The molecule has 0 bridgehead atoms. The summed E-state index contributed by atoms with van der Waals surface area (Å²) in [7, 11) is 1.16. The van der Waals surface area contributed by atoms with E-state index in [0.717, 1.165) is 20.1 Å². The minimum Gasteiger partial charge on any atom is -0.492 e. The number of aliphatic hydroxyl groups excluding tert-OH is 1. The van der Waals surface area contributed by atoms with Gasteiger partial charge < -0.3 is 19.0 Å². The molecule has 2 aromatic rings. The Bertz CT molecular complexity index is 978. The van der Waals surface area contributed by atoms with E-state index in [1.807, 2.05) is 0 Å². The molecule has 0 radical (unpaired) electrons. The van der Waals surface area contributed by atoms with Crippen molar-refractivity contribution in [2.75, 3.05) is 7.11 Å². The second kappa shape index (κ2) is 7.14. The van der Waals surface area contributed by atoms with Gasteiger partial charge in [-0.3, -0.25) is 25.0 Å². The molecule has 0 amide bonds. The number of carbonyl (C=O) groups excluding carboxylic acids is 1. The molecule has 2 rings (SSSR count). The van der Waals surface area contributed by atoms with Gasteiger partial charge in [0.15, 0.2) is 11.3 Å². The molecule has 0 saturated carbocycles. The first-order chi connectivity index (χ1) is 12.2. The molecule has 1 heterocycles. The van der Waals surface area contributed by atoms with Crippen molar-refractivity contribution in [2.24, 2.45) is 0 Å². The molecule has 0 atom stereocenters. The van der Waals surface area contributed by atoms with Crippen molar-refractivity contribution < 1.29 is 33.6 Å². The third kappa shape index (κ3) is 3.17. The summed E-state index contributed by atoms with van der Waals surface area (Å²) in [6.45, 7) is -0.422. The number of carbonyl (C=O) groups is 1. The Labute approximate surface area is 143 Å². The van der Waals surface area contributed by atoms with E-state index in [1.54, 1.807) is 0 Å². The van der Waals surface area contributed by atoms with Gasteiger partial charge in [-0.25, -0.2) is 4.79 Å². The number of nitro groups is 2. The highest BCUT2D eigenvalue weighted by Crippen LogP contribution is 2.40. The van der Waals surface area contributed by atoms with Crippen LogP contribution in [0.3, 0.4) is 0 Å². The zero-order valence-electron chi connectivity index (χ0n) is 13.5. The summed E-state index contributed by atoms with van der Waals surface area (Å²) < 4.78 is 14.6. The van der Waals surface area contributed by atoms with Gasteiger partial charge in [0, 0.05) is 18.6 Å². The largest absolute Gasteiger partial charge is 0.492 e. The lowest BCUT2D eigenvalue weighted by Crippen LogP contribution is -2.14. The van der Waals surface area contributed by atoms with Crippen LogP contribution in [0.15, 0.2) is 15.3 Å². The molecule has 26 heavy (non-hydrogen) atoms. The quantitative estimate of drug-likeness (QED) is 0.337. The molecular formula is C14H12N2O10. The predicted molar refractivity (Wildman–Crippen MR) is 83.7 cm³/mol. The van der Waals surface area contributed by atoms with Crippen molar-refractivity contribution in [3.8, 4) is 5.75 Å². The topological polar surface area (TPSA) is 172 Å². The van der Waals surface area contributed by atoms with Gasteiger partial charge in [0.1, 0.15) is 12.0 Å². The Morgan fingerprint density at radius 3 is 2.42 bits per heavy atom. The molecular weight excluding hydrogens is 356 g/mol. The summed E-state index contributed by atoms with van der Waals surface area (Å²) in [5.74, 6) is -1.02. The molecule has 0 unspecified atom stereocenters. The first-order valence-electron chi connectivity index (χ1n) is 6.95. The van der Waals surface area contributed by atoms with Crippen LogP contribution >= 0.6 is 0 Å². The Morgan fingerprint density at radius 2 is 1.96 bits per heavy atom. The Kier molecular flexibility index (Phi) is 5.16. The molecule has 0 aliphatic heterocycles. The second-order valence-electron chi connectivity index (χ2n) is 4.96. The van der Waals surface area contributed by atoms with Crippen LogP contribution in [-0.2, 0) is 22.7 Å². The molecule has 0 fully saturated rings. The standard InChI is InChI=1S/C14H12N2O10/c1-6(18)25-5-8-10-9(15(20)21)3-7(4-17)12(24-2)13(10)26-14(19)11(8)16(22)23/h3,17H,4-5H2,1-2H3. The van der Waals surface area contributed by atoms with Crippen LogP contribution in [0.1, 0.15) is 18.1 Å². The minimum atomic E-state index is -1.41. The van der Waals surface area contributed by atoms with E-state index >= 15 is 0 Å². The van der Waals surface area contributed by atoms with Gasteiger partial charge >= 0.3 is 17.3 Å². The number of benzene rings is 1. The summed E-state index contributed by atoms with van der Waals surface area (Å²) >= 11 is 0. The second-order valence-corrected chi connectivity index (χ2v) is 4.96. The van der Waals surface area contributed by atoms with Crippen molar-refractivity contribution in [2.45, 2.75) is 20.1 Å². The summed E-state index contributed by atoms with van der Waals surface area (Å²) in [5.41, 5.74) is -4.23. The third-order valence-corrected chi connectivity index (χ3v) is 3.44. The molecule has 12 nitrogen and oxygen atoms in total. The normalized spacial score (nSPS) is 10.6. The number of ether oxygens (including phenoxy) is 2. The fourth-order valence-corrected chi connectivity index (χ4v) is 2.43. The number of nitro benzene ring substituents is 1.